The van der Waals surface area contributed by atoms with Gasteiger partial charge in [-0.15, -0.1) is 0 Å². The van der Waals surface area contributed by atoms with Crippen molar-refractivity contribution in [2.45, 2.75) is 38.2 Å². The first kappa shape index (κ1) is 16.8. The molecule has 2 aliphatic heterocycles. The van der Waals surface area contributed by atoms with Crippen LogP contribution in [0.25, 0.3) is 0 Å². The van der Waals surface area contributed by atoms with Crippen molar-refractivity contribution in [1.82, 2.24) is 5.32 Å². The molecule has 0 bridgehead atoms. The summed E-state index contributed by atoms with van der Waals surface area (Å²) < 4.78 is 25.0. The molecule has 1 aromatic rings. The van der Waals surface area contributed by atoms with Gasteiger partial charge in [0.05, 0.1) is 11.8 Å². The van der Waals surface area contributed by atoms with Crippen LogP contribution in [0.4, 0.5) is 10.1 Å². The van der Waals surface area contributed by atoms with Crippen LogP contribution in [-0.2, 0) is 9.53 Å². The SMILES string of the molecule is O=C(Nc1cc(F)ccc1OCC1CCCO1)C1CC12CCNCC2. The summed E-state index contributed by atoms with van der Waals surface area (Å²) >= 11 is 0. The smallest absolute Gasteiger partial charge is 0.228 e. The van der Waals surface area contributed by atoms with Gasteiger partial charge in [0.1, 0.15) is 18.2 Å². The van der Waals surface area contributed by atoms with Crippen molar-refractivity contribution in [2.24, 2.45) is 11.3 Å². The number of hydrogen-bond donors (Lipinski definition) is 2. The second-order valence-corrected chi connectivity index (χ2v) is 7.44. The molecule has 1 aliphatic carbocycles. The van der Waals surface area contributed by atoms with E-state index < -0.39 is 0 Å². The maximum atomic E-state index is 13.7. The van der Waals surface area contributed by atoms with Gasteiger partial charge in [-0.3, -0.25) is 4.79 Å². The number of carbonyl (C=O) groups excluding carboxylic acids is 1. The largest absolute Gasteiger partial charge is 0.489 e. The van der Waals surface area contributed by atoms with Gasteiger partial charge in [-0.1, -0.05) is 0 Å². The predicted molar refractivity (Wildman–Crippen MR) is 92.1 cm³/mol. The summed E-state index contributed by atoms with van der Waals surface area (Å²) in [7, 11) is 0. The van der Waals surface area contributed by atoms with Gasteiger partial charge in [0, 0.05) is 18.6 Å². The molecule has 2 atom stereocenters. The number of hydrogen-bond acceptors (Lipinski definition) is 4. The maximum absolute atomic E-state index is 13.7. The van der Waals surface area contributed by atoms with Crippen molar-refractivity contribution in [3.05, 3.63) is 24.0 Å². The quantitative estimate of drug-likeness (QED) is 0.859. The summed E-state index contributed by atoms with van der Waals surface area (Å²) in [6, 6.07) is 4.26. The summed E-state index contributed by atoms with van der Waals surface area (Å²) in [5.41, 5.74) is 0.570. The molecule has 3 fully saturated rings. The Morgan fingerprint density at radius 3 is 3.00 bits per heavy atom. The van der Waals surface area contributed by atoms with Gasteiger partial charge in [-0.05, 0) is 62.7 Å². The number of halogens is 1. The van der Waals surface area contributed by atoms with Gasteiger partial charge in [0.15, 0.2) is 0 Å². The van der Waals surface area contributed by atoms with Crippen LogP contribution in [0, 0.1) is 17.2 Å². The normalized spacial score (nSPS) is 27.2. The molecule has 0 aromatic heterocycles. The summed E-state index contributed by atoms with van der Waals surface area (Å²) in [5.74, 6) is 0.135. The monoisotopic (exact) mass is 348 g/mol. The highest BCUT2D eigenvalue weighted by Crippen LogP contribution is 2.58. The van der Waals surface area contributed by atoms with Gasteiger partial charge in [0.2, 0.25) is 5.91 Å². The molecular formula is C19H25FN2O3. The Morgan fingerprint density at radius 2 is 2.24 bits per heavy atom. The molecule has 5 nitrogen and oxygen atoms in total. The third kappa shape index (κ3) is 3.65. The lowest BCUT2D eigenvalue weighted by molar-refractivity contribution is -0.118. The standard InChI is InChI=1S/C19H25FN2O3/c20-13-3-4-17(25-12-14-2-1-9-24-14)16(10-13)22-18(23)15-11-19(15)5-7-21-8-6-19/h3-4,10,14-15,21H,1-2,5-9,11-12H2,(H,22,23). The second-order valence-electron chi connectivity index (χ2n) is 7.44. The minimum Gasteiger partial charge on any atom is -0.489 e. The predicted octanol–water partition coefficient (Wildman–Crippen LogP) is 2.71. The minimum absolute atomic E-state index is 0.0190. The number of anilines is 1. The van der Waals surface area contributed by atoms with E-state index in [1.54, 1.807) is 6.07 Å². The highest BCUT2D eigenvalue weighted by molar-refractivity contribution is 5.96. The summed E-state index contributed by atoms with van der Waals surface area (Å²) in [4.78, 5) is 12.6. The van der Waals surface area contributed by atoms with Crippen LogP contribution < -0.4 is 15.4 Å². The molecule has 0 radical (unpaired) electrons. The Bertz CT molecular complexity index is 640. The first-order chi connectivity index (χ1) is 12.2. The fraction of sp³-hybridized carbons (Fsp3) is 0.632. The molecule has 2 heterocycles. The Hall–Kier alpha value is -1.66. The fourth-order valence-electron chi connectivity index (χ4n) is 4.10. The molecule has 4 rings (SSSR count). The van der Waals surface area contributed by atoms with Crippen LogP contribution in [-0.4, -0.2) is 38.3 Å². The molecule has 1 saturated carbocycles. The molecule has 3 aliphatic rings. The molecule has 2 saturated heterocycles. The Balaban J connectivity index is 1.40. The van der Waals surface area contributed by atoms with E-state index in [9.17, 15) is 9.18 Å². The minimum atomic E-state index is -0.382. The van der Waals surface area contributed by atoms with Crippen molar-refractivity contribution in [3.8, 4) is 5.75 Å². The molecule has 6 heteroatoms. The number of benzene rings is 1. The molecule has 1 amide bonds. The Morgan fingerprint density at radius 1 is 1.40 bits per heavy atom. The van der Waals surface area contributed by atoms with E-state index in [-0.39, 0.29) is 29.2 Å². The Labute approximate surface area is 147 Å². The molecule has 1 spiro atoms. The van der Waals surface area contributed by atoms with Crippen molar-refractivity contribution >= 4 is 11.6 Å². The lowest BCUT2D eigenvalue weighted by Crippen LogP contribution is -2.31. The molecule has 25 heavy (non-hydrogen) atoms. The van der Waals surface area contributed by atoms with Crippen LogP contribution in [0.5, 0.6) is 5.75 Å². The van der Waals surface area contributed by atoms with Gasteiger partial charge in [-0.25, -0.2) is 4.39 Å². The van der Waals surface area contributed by atoms with Crippen LogP contribution in [0.1, 0.15) is 32.1 Å². The average Bonchev–Trinajstić information content (AvgIpc) is 3.05. The fourth-order valence-corrected chi connectivity index (χ4v) is 4.10. The summed E-state index contributed by atoms with van der Waals surface area (Å²) in [6.07, 6.45) is 5.10. The van der Waals surface area contributed by atoms with E-state index >= 15 is 0 Å². The average molecular weight is 348 g/mol. The maximum Gasteiger partial charge on any atom is 0.228 e. The van der Waals surface area contributed by atoms with Crippen LogP contribution in [0.15, 0.2) is 18.2 Å². The van der Waals surface area contributed by atoms with E-state index in [1.807, 2.05) is 0 Å². The van der Waals surface area contributed by atoms with Crippen LogP contribution in [0.2, 0.25) is 0 Å². The topological polar surface area (TPSA) is 59.6 Å². The molecule has 2 unspecified atom stereocenters. The number of carbonyl (C=O) groups is 1. The summed E-state index contributed by atoms with van der Waals surface area (Å²) in [6.45, 7) is 3.13. The molecule has 136 valence electrons. The zero-order valence-electron chi connectivity index (χ0n) is 14.4. The molecule has 2 N–H and O–H groups in total. The van der Waals surface area contributed by atoms with Gasteiger partial charge in [0.25, 0.3) is 0 Å². The first-order valence-electron chi connectivity index (χ1n) is 9.22. The van der Waals surface area contributed by atoms with Gasteiger partial charge >= 0.3 is 0 Å². The highest BCUT2D eigenvalue weighted by atomic mass is 19.1. The van der Waals surface area contributed by atoms with Crippen molar-refractivity contribution in [2.75, 3.05) is 31.6 Å². The van der Waals surface area contributed by atoms with E-state index in [0.717, 1.165) is 51.8 Å². The lowest BCUT2D eigenvalue weighted by Gasteiger charge is -2.23. The van der Waals surface area contributed by atoms with Crippen LogP contribution >= 0.6 is 0 Å². The third-order valence-electron chi connectivity index (χ3n) is 5.75. The molecular weight excluding hydrogens is 323 g/mol. The van der Waals surface area contributed by atoms with Crippen molar-refractivity contribution in [3.63, 3.8) is 0 Å². The van der Waals surface area contributed by atoms with E-state index in [1.165, 1.54) is 12.1 Å². The Kier molecular flexibility index (Phi) is 4.65. The highest BCUT2D eigenvalue weighted by Gasteiger charge is 2.57. The number of ether oxygens (including phenoxy) is 2. The second kappa shape index (κ2) is 6.92. The number of piperidine rings is 1. The van der Waals surface area contributed by atoms with Crippen molar-refractivity contribution < 1.29 is 18.7 Å². The number of nitrogens with one attached hydrogen (secondary N) is 2. The van der Waals surface area contributed by atoms with E-state index in [4.69, 9.17) is 9.47 Å². The zero-order chi connectivity index (χ0) is 17.3. The van der Waals surface area contributed by atoms with E-state index in [2.05, 4.69) is 10.6 Å². The van der Waals surface area contributed by atoms with E-state index in [0.29, 0.717) is 18.0 Å². The third-order valence-corrected chi connectivity index (χ3v) is 5.75. The lowest BCUT2D eigenvalue weighted by atomic mass is 9.92. The number of rotatable bonds is 5. The molecule has 1 aromatic carbocycles. The summed E-state index contributed by atoms with van der Waals surface area (Å²) in [5, 5.41) is 6.23. The zero-order valence-corrected chi connectivity index (χ0v) is 14.4. The van der Waals surface area contributed by atoms with Crippen molar-refractivity contribution in [1.29, 1.82) is 0 Å². The first-order valence-corrected chi connectivity index (χ1v) is 9.22. The van der Waals surface area contributed by atoms with Gasteiger partial charge < -0.3 is 20.1 Å². The van der Waals surface area contributed by atoms with Crippen LogP contribution in [0.3, 0.4) is 0 Å². The van der Waals surface area contributed by atoms with Gasteiger partial charge in [-0.2, -0.15) is 0 Å². The number of amides is 1.